The summed E-state index contributed by atoms with van der Waals surface area (Å²) in [5, 5.41) is 0.450. The lowest BCUT2D eigenvalue weighted by Gasteiger charge is -2.43. The molecule has 0 N–H and O–H groups in total. The van der Waals surface area contributed by atoms with E-state index in [2.05, 4.69) is 0 Å². The van der Waals surface area contributed by atoms with Gasteiger partial charge < -0.3 is 4.90 Å². The maximum absolute atomic E-state index is 13.2. The summed E-state index contributed by atoms with van der Waals surface area (Å²) >= 11 is 6.15. The van der Waals surface area contributed by atoms with E-state index >= 15 is 0 Å². The number of carbonyl (C=O) groups excluding carboxylic acids is 1. The third kappa shape index (κ3) is 4.21. The summed E-state index contributed by atoms with van der Waals surface area (Å²) in [7, 11) is -3.65. The van der Waals surface area contributed by atoms with Crippen LogP contribution >= 0.6 is 11.6 Å². The fraction of sp³-hybridized carbons (Fsp3) is 0.682. The summed E-state index contributed by atoms with van der Waals surface area (Å²) in [6.45, 7) is 4.16. The lowest BCUT2D eigenvalue weighted by Crippen LogP contribution is -2.50. The first-order valence-electron chi connectivity index (χ1n) is 10.9. The zero-order chi connectivity index (χ0) is 20.6. The number of hydrogen-bond donors (Lipinski definition) is 0. The van der Waals surface area contributed by atoms with Gasteiger partial charge in [-0.3, -0.25) is 4.79 Å². The van der Waals surface area contributed by atoms with Gasteiger partial charge in [0.25, 0.3) is 0 Å². The van der Waals surface area contributed by atoms with Crippen LogP contribution in [0.25, 0.3) is 0 Å². The molecular formula is C22H31ClN2O3S. The Morgan fingerprint density at radius 2 is 1.76 bits per heavy atom. The molecule has 1 saturated carbocycles. The first-order valence-corrected chi connectivity index (χ1v) is 12.7. The summed E-state index contributed by atoms with van der Waals surface area (Å²) in [4.78, 5) is 15.5. The van der Waals surface area contributed by atoms with Crippen molar-refractivity contribution in [2.45, 2.75) is 56.8 Å². The molecule has 29 heavy (non-hydrogen) atoms. The second-order valence-electron chi connectivity index (χ2n) is 8.94. The van der Waals surface area contributed by atoms with Crippen LogP contribution in [0.1, 0.15) is 50.5 Å². The van der Waals surface area contributed by atoms with E-state index in [1.165, 1.54) is 30.0 Å². The molecule has 0 radical (unpaired) electrons. The zero-order valence-corrected chi connectivity index (χ0v) is 18.7. The Hall–Kier alpha value is -1.11. The number of carbonyl (C=O) groups is 1. The number of rotatable bonds is 3. The molecule has 2 aliphatic heterocycles. The van der Waals surface area contributed by atoms with E-state index in [1.54, 1.807) is 25.1 Å². The predicted octanol–water partition coefficient (Wildman–Crippen LogP) is 4.09. The molecule has 0 aromatic heterocycles. The molecular weight excluding hydrogens is 408 g/mol. The molecule has 1 amide bonds. The number of halogens is 1. The number of amides is 1. The second kappa shape index (κ2) is 8.56. The molecule has 160 valence electrons. The predicted molar refractivity (Wildman–Crippen MR) is 114 cm³/mol. The SMILES string of the molecule is Cc1c(Cl)cccc1S(=O)(=O)N1CCCC(C(=O)N2CC[C@H]3CCCC[C@@H]3C2)C1. The number of likely N-dealkylation sites (tertiary alicyclic amines) is 1. The third-order valence-corrected chi connectivity index (χ3v) is 9.59. The van der Waals surface area contributed by atoms with Crippen LogP contribution in [0, 0.1) is 24.7 Å². The van der Waals surface area contributed by atoms with E-state index in [1.807, 2.05) is 4.90 Å². The van der Waals surface area contributed by atoms with Crippen LogP contribution in [-0.4, -0.2) is 49.7 Å². The van der Waals surface area contributed by atoms with Gasteiger partial charge in [-0.2, -0.15) is 4.31 Å². The van der Waals surface area contributed by atoms with Crippen LogP contribution in [0.3, 0.4) is 0 Å². The molecule has 4 rings (SSSR count). The maximum atomic E-state index is 13.2. The van der Waals surface area contributed by atoms with E-state index in [-0.39, 0.29) is 23.3 Å². The Bertz CT molecular complexity index is 873. The molecule has 3 aliphatic rings. The smallest absolute Gasteiger partial charge is 0.243 e. The molecule has 0 bridgehead atoms. The van der Waals surface area contributed by atoms with Crippen molar-refractivity contribution in [3.8, 4) is 0 Å². The van der Waals surface area contributed by atoms with Crippen LogP contribution in [0.5, 0.6) is 0 Å². The molecule has 1 aromatic rings. The van der Waals surface area contributed by atoms with E-state index in [4.69, 9.17) is 11.6 Å². The van der Waals surface area contributed by atoms with Crippen molar-refractivity contribution >= 4 is 27.5 Å². The van der Waals surface area contributed by atoms with Gasteiger partial charge in [0.05, 0.1) is 10.8 Å². The third-order valence-electron chi connectivity index (χ3n) is 7.17. The second-order valence-corrected chi connectivity index (χ2v) is 11.3. The first kappa shape index (κ1) is 21.1. The maximum Gasteiger partial charge on any atom is 0.243 e. The topological polar surface area (TPSA) is 57.7 Å². The van der Waals surface area contributed by atoms with Gasteiger partial charge in [0, 0.05) is 31.2 Å². The number of sulfonamides is 1. The van der Waals surface area contributed by atoms with E-state index in [0.717, 1.165) is 38.3 Å². The molecule has 7 heteroatoms. The standard InChI is InChI=1S/C22H31ClN2O3S/c1-16-20(23)9-4-10-21(16)29(27,28)25-12-5-8-19(15-25)22(26)24-13-11-17-6-2-3-7-18(17)14-24/h4,9-10,17-19H,2-3,5-8,11-15H2,1H3/t17-,18-,19?/m1/s1. The highest BCUT2D eigenvalue weighted by atomic mass is 35.5. The Morgan fingerprint density at radius 3 is 2.55 bits per heavy atom. The minimum Gasteiger partial charge on any atom is -0.342 e. The van der Waals surface area contributed by atoms with Gasteiger partial charge in [-0.15, -0.1) is 0 Å². The number of nitrogens with zero attached hydrogens (tertiary/aromatic N) is 2. The molecule has 3 atom stereocenters. The van der Waals surface area contributed by atoms with Gasteiger partial charge >= 0.3 is 0 Å². The molecule has 1 unspecified atom stereocenters. The zero-order valence-electron chi connectivity index (χ0n) is 17.1. The molecule has 1 aliphatic carbocycles. The number of fused-ring (bicyclic) bond motifs is 1. The molecule has 3 fully saturated rings. The Balaban J connectivity index is 1.46. The summed E-state index contributed by atoms with van der Waals surface area (Å²) < 4.78 is 28.0. The Labute approximate surface area is 179 Å². The minimum atomic E-state index is -3.65. The molecule has 2 heterocycles. The monoisotopic (exact) mass is 438 g/mol. The van der Waals surface area contributed by atoms with E-state index in [0.29, 0.717) is 23.0 Å². The normalized spacial score (nSPS) is 28.8. The summed E-state index contributed by atoms with van der Waals surface area (Å²) in [6, 6.07) is 4.98. The highest BCUT2D eigenvalue weighted by Gasteiger charge is 2.39. The van der Waals surface area contributed by atoms with Gasteiger partial charge in [-0.25, -0.2) is 8.42 Å². The lowest BCUT2D eigenvalue weighted by atomic mass is 9.75. The van der Waals surface area contributed by atoms with Crippen LogP contribution < -0.4 is 0 Å². The van der Waals surface area contributed by atoms with Crippen LogP contribution in [0.4, 0.5) is 0 Å². The van der Waals surface area contributed by atoms with Crippen molar-refractivity contribution in [1.82, 2.24) is 9.21 Å². The van der Waals surface area contributed by atoms with Gasteiger partial charge in [0.15, 0.2) is 0 Å². The number of piperidine rings is 2. The largest absolute Gasteiger partial charge is 0.342 e. The average molecular weight is 439 g/mol. The van der Waals surface area contributed by atoms with Crippen molar-refractivity contribution < 1.29 is 13.2 Å². The van der Waals surface area contributed by atoms with E-state index < -0.39 is 10.0 Å². The minimum absolute atomic E-state index is 0.150. The van der Waals surface area contributed by atoms with Gasteiger partial charge in [0.1, 0.15) is 0 Å². The van der Waals surface area contributed by atoms with Gasteiger partial charge in [-0.1, -0.05) is 36.9 Å². The van der Waals surface area contributed by atoms with Gasteiger partial charge in [-0.05, 0) is 62.1 Å². The highest BCUT2D eigenvalue weighted by Crippen LogP contribution is 2.37. The van der Waals surface area contributed by atoms with Crippen LogP contribution in [-0.2, 0) is 14.8 Å². The quantitative estimate of drug-likeness (QED) is 0.714. The fourth-order valence-corrected chi connectivity index (χ4v) is 7.43. The van der Waals surface area contributed by atoms with Crippen molar-refractivity contribution in [2.75, 3.05) is 26.2 Å². The lowest BCUT2D eigenvalue weighted by molar-refractivity contribution is -0.139. The van der Waals surface area contributed by atoms with Crippen molar-refractivity contribution in [2.24, 2.45) is 17.8 Å². The summed E-state index contributed by atoms with van der Waals surface area (Å²) in [6.07, 6.45) is 7.73. The highest BCUT2D eigenvalue weighted by molar-refractivity contribution is 7.89. The average Bonchev–Trinajstić information content (AvgIpc) is 2.74. The van der Waals surface area contributed by atoms with Crippen molar-refractivity contribution in [1.29, 1.82) is 0 Å². The Kier molecular flexibility index (Phi) is 6.24. The molecule has 2 saturated heterocycles. The van der Waals surface area contributed by atoms with Crippen molar-refractivity contribution in [3.05, 3.63) is 28.8 Å². The van der Waals surface area contributed by atoms with Gasteiger partial charge in [0.2, 0.25) is 15.9 Å². The number of hydrogen-bond acceptors (Lipinski definition) is 3. The fourth-order valence-electron chi connectivity index (χ4n) is 5.43. The summed E-state index contributed by atoms with van der Waals surface area (Å²) in [5.74, 6) is 1.33. The van der Waals surface area contributed by atoms with Crippen LogP contribution in [0.15, 0.2) is 23.1 Å². The van der Waals surface area contributed by atoms with Crippen molar-refractivity contribution in [3.63, 3.8) is 0 Å². The van der Waals surface area contributed by atoms with E-state index in [9.17, 15) is 13.2 Å². The molecule has 0 spiro atoms. The number of benzene rings is 1. The molecule has 5 nitrogen and oxygen atoms in total. The van der Waals surface area contributed by atoms with Crippen LogP contribution in [0.2, 0.25) is 5.02 Å². The summed E-state index contributed by atoms with van der Waals surface area (Å²) in [5.41, 5.74) is 0.571. The first-order chi connectivity index (χ1) is 13.9. The molecule has 1 aromatic carbocycles. The Morgan fingerprint density at radius 1 is 1.00 bits per heavy atom.